The summed E-state index contributed by atoms with van der Waals surface area (Å²) in [5.41, 5.74) is 4.20. The second kappa shape index (κ2) is 6.40. The third-order valence-corrected chi connectivity index (χ3v) is 4.29. The van der Waals surface area contributed by atoms with Crippen molar-refractivity contribution in [1.82, 2.24) is 0 Å². The van der Waals surface area contributed by atoms with Crippen LogP contribution in [0.3, 0.4) is 0 Å². The first-order valence-corrected chi connectivity index (χ1v) is 8.20. The van der Waals surface area contributed by atoms with E-state index in [0.717, 1.165) is 46.9 Å². The molecule has 124 valence electrons. The van der Waals surface area contributed by atoms with E-state index in [4.69, 9.17) is 14.5 Å². The number of methoxy groups -OCH3 is 1. The van der Waals surface area contributed by atoms with Gasteiger partial charge in [0.1, 0.15) is 11.5 Å². The molecular weight excluding hydrogens is 314 g/mol. The number of rotatable bonds is 2. The smallest absolute Gasteiger partial charge is 0.337 e. The Balaban J connectivity index is 1.83. The minimum atomic E-state index is -0.347. The Morgan fingerprint density at radius 2 is 1.92 bits per heavy atom. The minimum Gasteiger partial charge on any atom is -0.465 e. The van der Waals surface area contributed by atoms with Crippen LogP contribution in [0.15, 0.2) is 77.1 Å². The number of hydrogen-bond donors (Lipinski definition) is 0. The van der Waals surface area contributed by atoms with Crippen LogP contribution in [0.4, 0.5) is 0 Å². The van der Waals surface area contributed by atoms with Crippen LogP contribution in [-0.2, 0) is 4.74 Å². The molecule has 0 aromatic heterocycles. The highest BCUT2D eigenvalue weighted by Crippen LogP contribution is 2.32. The molecule has 1 aliphatic heterocycles. The van der Waals surface area contributed by atoms with Crippen molar-refractivity contribution in [1.29, 1.82) is 0 Å². The molecule has 0 radical (unpaired) electrons. The summed E-state index contributed by atoms with van der Waals surface area (Å²) in [5.74, 6) is 1.25. The molecule has 1 aliphatic carbocycles. The number of nitrogens with zero attached hydrogens (tertiary/aromatic N) is 1. The van der Waals surface area contributed by atoms with Crippen LogP contribution in [0.5, 0.6) is 5.75 Å². The van der Waals surface area contributed by atoms with Gasteiger partial charge in [-0.25, -0.2) is 9.79 Å². The summed E-state index contributed by atoms with van der Waals surface area (Å²) in [6.45, 7) is 0. The third kappa shape index (κ3) is 2.87. The van der Waals surface area contributed by atoms with E-state index >= 15 is 0 Å². The fraction of sp³-hybridized carbons (Fsp3) is 0.143. The summed E-state index contributed by atoms with van der Waals surface area (Å²) in [7, 11) is 1.38. The lowest BCUT2D eigenvalue weighted by molar-refractivity contribution is 0.0600. The molecule has 0 bridgehead atoms. The summed E-state index contributed by atoms with van der Waals surface area (Å²) in [6, 6.07) is 15.2. The maximum absolute atomic E-state index is 11.7. The van der Waals surface area contributed by atoms with Crippen molar-refractivity contribution < 1.29 is 14.3 Å². The van der Waals surface area contributed by atoms with Crippen LogP contribution in [0.1, 0.15) is 34.3 Å². The Morgan fingerprint density at radius 3 is 2.72 bits per heavy atom. The van der Waals surface area contributed by atoms with Crippen LogP contribution in [0, 0.1) is 0 Å². The monoisotopic (exact) mass is 331 g/mol. The predicted molar refractivity (Wildman–Crippen MR) is 95.9 cm³/mol. The Morgan fingerprint density at radius 1 is 1.12 bits per heavy atom. The van der Waals surface area contributed by atoms with E-state index in [2.05, 4.69) is 6.08 Å². The molecule has 2 aromatic carbocycles. The molecule has 2 aromatic rings. The van der Waals surface area contributed by atoms with Gasteiger partial charge in [0.2, 0.25) is 0 Å². The average Bonchev–Trinajstić information content (AvgIpc) is 2.84. The fourth-order valence-electron chi connectivity index (χ4n) is 3.00. The molecule has 0 atom stereocenters. The number of benzene rings is 2. The van der Waals surface area contributed by atoms with Gasteiger partial charge in [0, 0.05) is 11.1 Å². The van der Waals surface area contributed by atoms with Crippen molar-refractivity contribution in [2.75, 3.05) is 7.11 Å². The number of para-hydroxylation sites is 1. The normalized spacial score (nSPS) is 15.5. The van der Waals surface area contributed by atoms with Gasteiger partial charge in [0.25, 0.3) is 0 Å². The first-order valence-electron chi connectivity index (χ1n) is 8.20. The number of esters is 1. The van der Waals surface area contributed by atoms with Crippen LogP contribution < -0.4 is 4.74 Å². The van der Waals surface area contributed by atoms with Gasteiger partial charge >= 0.3 is 5.97 Å². The molecule has 0 N–H and O–H groups in total. The lowest BCUT2D eigenvalue weighted by atomic mass is 10.00. The molecule has 4 heteroatoms. The molecular formula is C21H17NO3. The minimum absolute atomic E-state index is 0.347. The number of carbonyl (C=O) groups excluding carboxylic acids is 1. The third-order valence-electron chi connectivity index (χ3n) is 4.29. The Hall–Kier alpha value is -3.14. The zero-order valence-electron chi connectivity index (χ0n) is 13.9. The van der Waals surface area contributed by atoms with Crippen LogP contribution in [-0.4, -0.2) is 18.8 Å². The number of allylic oxidation sites excluding steroid dienone is 3. The summed E-state index contributed by atoms with van der Waals surface area (Å²) in [6.07, 6.45) is 5.90. The highest BCUT2D eigenvalue weighted by Gasteiger charge is 2.21. The number of fused-ring (bicyclic) bond motifs is 1. The number of hydrogen-bond acceptors (Lipinski definition) is 4. The lowest BCUT2D eigenvalue weighted by Gasteiger charge is -2.11. The highest BCUT2D eigenvalue weighted by molar-refractivity contribution is 6.15. The van der Waals surface area contributed by atoms with Gasteiger partial charge in [-0.2, -0.15) is 0 Å². The van der Waals surface area contributed by atoms with E-state index in [1.165, 1.54) is 7.11 Å². The topological polar surface area (TPSA) is 47.9 Å². The van der Waals surface area contributed by atoms with Crippen molar-refractivity contribution in [3.63, 3.8) is 0 Å². The molecule has 4 nitrogen and oxygen atoms in total. The first-order chi connectivity index (χ1) is 12.3. The second-order valence-electron chi connectivity index (χ2n) is 5.88. The Kier molecular flexibility index (Phi) is 3.94. The van der Waals surface area contributed by atoms with Gasteiger partial charge in [-0.1, -0.05) is 30.3 Å². The van der Waals surface area contributed by atoms with E-state index in [0.29, 0.717) is 5.56 Å². The van der Waals surface area contributed by atoms with Gasteiger partial charge in [-0.3, -0.25) is 0 Å². The number of carbonyl (C=O) groups is 1. The first kappa shape index (κ1) is 15.4. The largest absolute Gasteiger partial charge is 0.465 e. The zero-order chi connectivity index (χ0) is 17.2. The molecule has 0 saturated carbocycles. The zero-order valence-corrected chi connectivity index (χ0v) is 13.9. The van der Waals surface area contributed by atoms with Crippen molar-refractivity contribution in [3.05, 3.63) is 88.8 Å². The summed E-state index contributed by atoms with van der Waals surface area (Å²) in [5, 5.41) is 0. The Labute approximate surface area is 146 Å². The van der Waals surface area contributed by atoms with E-state index in [1.807, 2.05) is 42.5 Å². The molecule has 0 unspecified atom stereocenters. The molecule has 0 spiro atoms. The van der Waals surface area contributed by atoms with Crippen LogP contribution >= 0.6 is 0 Å². The quantitative estimate of drug-likeness (QED) is 0.772. The summed E-state index contributed by atoms with van der Waals surface area (Å²) < 4.78 is 10.9. The van der Waals surface area contributed by atoms with E-state index in [1.54, 1.807) is 12.1 Å². The molecule has 1 heterocycles. The number of aliphatic imine (C=N–C) groups is 1. The maximum Gasteiger partial charge on any atom is 0.337 e. The van der Waals surface area contributed by atoms with Gasteiger partial charge < -0.3 is 9.47 Å². The Bertz CT molecular complexity index is 920. The maximum atomic E-state index is 11.7. The average molecular weight is 331 g/mol. The van der Waals surface area contributed by atoms with Crippen LogP contribution in [0.25, 0.3) is 0 Å². The number of ether oxygens (including phenoxy) is 2. The molecule has 2 aliphatic rings. The molecule has 0 amide bonds. The van der Waals surface area contributed by atoms with E-state index in [9.17, 15) is 4.79 Å². The molecule has 25 heavy (non-hydrogen) atoms. The highest BCUT2D eigenvalue weighted by atomic mass is 16.5. The van der Waals surface area contributed by atoms with Gasteiger partial charge in [0.05, 0.1) is 24.1 Å². The van der Waals surface area contributed by atoms with Crippen LogP contribution in [0.2, 0.25) is 0 Å². The van der Waals surface area contributed by atoms with Gasteiger partial charge in [0.15, 0.2) is 0 Å². The lowest BCUT2D eigenvalue weighted by Crippen LogP contribution is -2.06. The second-order valence-corrected chi connectivity index (χ2v) is 5.88. The molecule has 4 rings (SSSR count). The summed E-state index contributed by atoms with van der Waals surface area (Å²) in [4.78, 5) is 16.6. The SMILES string of the molecule is COC(=O)c1ccc(C2=NC3=C(C=CCC3)Oc3ccccc32)cc1. The molecule has 0 saturated heterocycles. The predicted octanol–water partition coefficient (Wildman–Crippen LogP) is 4.26. The van der Waals surface area contributed by atoms with Gasteiger partial charge in [-0.05, 0) is 43.2 Å². The molecule has 0 fully saturated rings. The summed E-state index contributed by atoms with van der Waals surface area (Å²) >= 11 is 0. The van der Waals surface area contributed by atoms with Crippen molar-refractivity contribution in [3.8, 4) is 5.75 Å². The van der Waals surface area contributed by atoms with Crippen molar-refractivity contribution >= 4 is 11.7 Å². The fourth-order valence-corrected chi connectivity index (χ4v) is 3.00. The van der Waals surface area contributed by atoms with E-state index < -0.39 is 0 Å². The van der Waals surface area contributed by atoms with Crippen molar-refractivity contribution in [2.24, 2.45) is 4.99 Å². The van der Waals surface area contributed by atoms with E-state index in [-0.39, 0.29) is 5.97 Å². The standard InChI is InChI=1S/C21H17NO3/c1-24-21(23)15-12-10-14(11-13-15)20-16-6-2-4-8-18(16)25-19-9-5-3-7-17(19)22-20/h2,4-6,8-13H,3,7H2,1H3. The van der Waals surface area contributed by atoms with Crippen molar-refractivity contribution in [2.45, 2.75) is 12.8 Å². The van der Waals surface area contributed by atoms with Gasteiger partial charge in [-0.15, -0.1) is 0 Å².